The van der Waals surface area contributed by atoms with Gasteiger partial charge in [-0.15, -0.1) is 5.10 Å². The Morgan fingerprint density at radius 2 is 2.17 bits per heavy atom. The Balaban J connectivity index is 1.66. The van der Waals surface area contributed by atoms with Crippen LogP contribution in [0.4, 0.5) is 5.69 Å². The lowest BCUT2D eigenvalue weighted by atomic mass is 10.0. The monoisotopic (exact) mass is 344 g/mol. The number of hydrogen-bond donors (Lipinski definition) is 2. The number of ketones is 1. The van der Waals surface area contributed by atoms with Gasteiger partial charge in [-0.05, 0) is 36.6 Å². The number of aryl methyl sites for hydroxylation is 1. The molecule has 1 aliphatic heterocycles. The number of nitrogens with zero attached hydrogens (tertiary/aromatic N) is 2. The first-order valence-corrected chi connectivity index (χ1v) is 9.02. The third-order valence-corrected chi connectivity index (χ3v) is 4.76. The van der Waals surface area contributed by atoms with Gasteiger partial charge in [-0.1, -0.05) is 25.6 Å². The molecule has 0 aliphatic carbocycles. The number of amides is 1. The van der Waals surface area contributed by atoms with Crippen LogP contribution in [0.3, 0.4) is 0 Å². The summed E-state index contributed by atoms with van der Waals surface area (Å²) in [7, 11) is 0. The van der Waals surface area contributed by atoms with E-state index < -0.39 is 0 Å². The van der Waals surface area contributed by atoms with Crippen molar-refractivity contribution >= 4 is 29.1 Å². The third kappa shape index (κ3) is 3.84. The van der Waals surface area contributed by atoms with Gasteiger partial charge in [0, 0.05) is 23.6 Å². The Kier molecular flexibility index (Phi) is 4.99. The second kappa shape index (κ2) is 7.17. The van der Waals surface area contributed by atoms with E-state index in [1.165, 1.54) is 11.8 Å². The fraction of sp³-hybridized carbons (Fsp3) is 0.412. The fourth-order valence-corrected chi connectivity index (χ4v) is 3.24. The average molecular weight is 344 g/mol. The number of benzene rings is 1. The smallest absolute Gasteiger partial charge is 0.224 e. The minimum atomic E-state index is 0.0361. The Morgan fingerprint density at radius 3 is 2.92 bits per heavy atom. The van der Waals surface area contributed by atoms with E-state index in [4.69, 9.17) is 0 Å². The molecular formula is C17H20N4O2S. The summed E-state index contributed by atoms with van der Waals surface area (Å²) in [5.74, 6) is 1.47. The van der Waals surface area contributed by atoms with E-state index in [0.717, 1.165) is 29.9 Å². The molecule has 0 unspecified atom stereocenters. The predicted octanol–water partition coefficient (Wildman–Crippen LogP) is 3.18. The van der Waals surface area contributed by atoms with Crippen molar-refractivity contribution in [3.63, 3.8) is 0 Å². The Morgan fingerprint density at radius 1 is 1.33 bits per heavy atom. The highest BCUT2D eigenvalue weighted by Crippen LogP contribution is 2.24. The fourth-order valence-electron chi connectivity index (χ4n) is 2.54. The van der Waals surface area contributed by atoms with Gasteiger partial charge in [-0.2, -0.15) is 0 Å². The largest absolute Gasteiger partial charge is 0.326 e. The highest BCUT2D eigenvalue weighted by Gasteiger charge is 2.16. The number of thioether (sulfide) groups is 1. The average Bonchev–Trinajstić information content (AvgIpc) is 2.95. The van der Waals surface area contributed by atoms with Gasteiger partial charge in [-0.25, -0.2) is 4.98 Å². The number of anilines is 1. The number of Topliss-reactive ketones (excluding diaryl/α,β-unsaturated/α-hetero) is 1. The Hall–Kier alpha value is -2.15. The van der Waals surface area contributed by atoms with E-state index in [-0.39, 0.29) is 17.6 Å². The van der Waals surface area contributed by atoms with Crippen LogP contribution < -0.4 is 5.32 Å². The zero-order chi connectivity index (χ0) is 17.1. The summed E-state index contributed by atoms with van der Waals surface area (Å²) in [6.45, 7) is 4.07. The van der Waals surface area contributed by atoms with Crippen LogP contribution in [-0.4, -0.2) is 32.6 Å². The molecule has 2 N–H and O–H groups in total. The molecule has 1 aromatic heterocycles. The van der Waals surface area contributed by atoms with Gasteiger partial charge >= 0.3 is 0 Å². The highest BCUT2D eigenvalue weighted by atomic mass is 32.2. The normalized spacial score (nSPS) is 14.2. The second-order valence-corrected chi connectivity index (χ2v) is 7.09. The minimum absolute atomic E-state index is 0.0361. The van der Waals surface area contributed by atoms with E-state index in [9.17, 15) is 9.59 Å². The van der Waals surface area contributed by atoms with E-state index >= 15 is 0 Å². The number of H-pyrrole nitrogens is 1. The van der Waals surface area contributed by atoms with Crippen LogP contribution in [0.1, 0.15) is 54.4 Å². The molecule has 24 heavy (non-hydrogen) atoms. The minimum Gasteiger partial charge on any atom is -0.326 e. The SMILES string of the molecule is CC(C)c1nc(SCC(=O)c2ccc3c(c2)CCCC(=O)N3)n[nH]1. The topological polar surface area (TPSA) is 87.7 Å². The molecule has 0 spiro atoms. The number of rotatable bonds is 5. The molecule has 0 saturated carbocycles. The number of aromatic nitrogens is 3. The molecule has 2 aromatic rings. The van der Waals surface area contributed by atoms with E-state index in [1.807, 2.05) is 26.0 Å². The van der Waals surface area contributed by atoms with Crippen molar-refractivity contribution in [1.82, 2.24) is 15.2 Å². The first-order chi connectivity index (χ1) is 11.5. The molecular weight excluding hydrogens is 324 g/mol. The highest BCUT2D eigenvalue weighted by molar-refractivity contribution is 7.99. The van der Waals surface area contributed by atoms with Crippen LogP contribution in [0.5, 0.6) is 0 Å². The van der Waals surface area contributed by atoms with Crippen molar-refractivity contribution in [1.29, 1.82) is 0 Å². The van der Waals surface area contributed by atoms with Crippen LogP contribution in [-0.2, 0) is 11.2 Å². The molecule has 0 saturated heterocycles. The number of hydrogen-bond acceptors (Lipinski definition) is 5. The van der Waals surface area contributed by atoms with Gasteiger partial charge in [0.15, 0.2) is 5.78 Å². The van der Waals surface area contributed by atoms with Crippen LogP contribution in [0.25, 0.3) is 0 Å². The summed E-state index contributed by atoms with van der Waals surface area (Å²) >= 11 is 1.33. The standard InChI is InChI=1S/C17H20N4O2S/c1-10(2)16-19-17(21-20-16)24-9-14(22)12-6-7-13-11(8-12)4-3-5-15(23)18-13/h6-8,10H,3-5,9H2,1-2H3,(H,18,23)(H,19,20,21). The second-order valence-electron chi connectivity index (χ2n) is 6.14. The van der Waals surface area contributed by atoms with Crippen molar-refractivity contribution in [2.24, 2.45) is 0 Å². The van der Waals surface area contributed by atoms with Crippen LogP contribution in [0, 0.1) is 0 Å². The van der Waals surface area contributed by atoms with Gasteiger partial charge < -0.3 is 5.32 Å². The van der Waals surface area contributed by atoms with Crippen molar-refractivity contribution in [3.8, 4) is 0 Å². The molecule has 3 rings (SSSR count). The van der Waals surface area contributed by atoms with Gasteiger partial charge in [0.2, 0.25) is 11.1 Å². The molecule has 2 heterocycles. The summed E-state index contributed by atoms with van der Waals surface area (Å²) in [5, 5.41) is 10.5. The molecule has 0 radical (unpaired) electrons. The lowest BCUT2D eigenvalue weighted by Crippen LogP contribution is -2.10. The van der Waals surface area contributed by atoms with Gasteiger partial charge in [-0.3, -0.25) is 14.7 Å². The zero-order valence-corrected chi connectivity index (χ0v) is 14.6. The first-order valence-electron chi connectivity index (χ1n) is 8.04. The summed E-state index contributed by atoms with van der Waals surface area (Å²) in [4.78, 5) is 28.4. The third-order valence-electron chi connectivity index (χ3n) is 3.91. The lowest BCUT2D eigenvalue weighted by Gasteiger charge is -2.08. The number of nitrogens with one attached hydrogen (secondary N) is 2. The van der Waals surface area contributed by atoms with Gasteiger partial charge in [0.25, 0.3) is 0 Å². The first kappa shape index (κ1) is 16.7. The number of carbonyl (C=O) groups is 2. The maximum atomic E-state index is 12.4. The van der Waals surface area contributed by atoms with E-state index in [2.05, 4.69) is 20.5 Å². The van der Waals surface area contributed by atoms with E-state index in [0.29, 0.717) is 22.9 Å². The molecule has 1 amide bonds. The van der Waals surface area contributed by atoms with Crippen LogP contribution >= 0.6 is 11.8 Å². The van der Waals surface area contributed by atoms with Crippen molar-refractivity contribution in [2.45, 2.75) is 44.2 Å². The summed E-state index contributed by atoms with van der Waals surface area (Å²) in [6.07, 6.45) is 2.14. The number of fused-ring (bicyclic) bond motifs is 1. The predicted molar refractivity (Wildman–Crippen MR) is 93.5 cm³/mol. The molecule has 1 aliphatic rings. The summed E-state index contributed by atoms with van der Waals surface area (Å²) < 4.78 is 0. The maximum absolute atomic E-state index is 12.4. The maximum Gasteiger partial charge on any atom is 0.224 e. The van der Waals surface area contributed by atoms with Crippen LogP contribution in [0.15, 0.2) is 23.4 Å². The molecule has 126 valence electrons. The molecule has 0 atom stereocenters. The number of carbonyl (C=O) groups excluding carboxylic acids is 2. The summed E-state index contributed by atoms with van der Waals surface area (Å²) in [5.41, 5.74) is 2.51. The zero-order valence-electron chi connectivity index (χ0n) is 13.8. The number of aromatic amines is 1. The van der Waals surface area contributed by atoms with E-state index in [1.54, 1.807) is 6.07 Å². The Bertz CT molecular complexity index is 770. The molecule has 0 fully saturated rings. The van der Waals surface area contributed by atoms with Crippen molar-refractivity contribution in [3.05, 3.63) is 35.2 Å². The van der Waals surface area contributed by atoms with Crippen LogP contribution in [0.2, 0.25) is 0 Å². The molecule has 6 nitrogen and oxygen atoms in total. The van der Waals surface area contributed by atoms with Gasteiger partial charge in [0.1, 0.15) is 5.82 Å². The molecule has 7 heteroatoms. The quantitative estimate of drug-likeness (QED) is 0.642. The molecule has 1 aromatic carbocycles. The lowest BCUT2D eigenvalue weighted by molar-refractivity contribution is -0.116. The Labute approximate surface area is 144 Å². The van der Waals surface area contributed by atoms with Gasteiger partial charge in [0.05, 0.1) is 5.75 Å². The van der Waals surface area contributed by atoms with Crippen molar-refractivity contribution < 1.29 is 9.59 Å². The van der Waals surface area contributed by atoms with Crippen molar-refractivity contribution in [2.75, 3.05) is 11.1 Å². The molecule has 0 bridgehead atoms. The summed E-state index contributed by atoms with van der Waals surface area (Å²) in [6, 6.07) is 5.48.